The third-order valence-corrected chi connectivity index (χ3v) is 5.77. The minimum absolute atomic E-state index is 0.102. The molecule has 8 nitrogen and oxygen atoms in total. The van der Waals surface area contributed by atoms with E-state index < -0.39 is 0 Å². The van der Waals surface area contributed by atoms with Crippen LogP contribution < -0.4 is 4.90 Å². The van der Waals surface area contributed by atoms with Gasteiger partial charge >= 0.3 is 0 Å². The Hall–Kier alpha value is -2.48. The summed E-state index contributed by atoms with van der Waals surface area (Å²) in [5.41, 5.74) is 2.98. The van der Waals surface area contributed by atoms with E-state index in [1.165, 1.54) is 0 Å². The topological polar surface area (TPSA) is 70.4 Å². The number of nitrogens with zero attached hydrogens (tertiary/aromatic N) is 7. The molecule has 1 atom stereocenters. The summed E-state index contributed by atoms with van der Waals surface area (Å²) in [7, 11) is 4.23. The third kappa shape index (κ3) is 3.29. The molecule has 0 spiro atoms. The Balaban J connectivity index is 1.59. The molecule has 8 heteroatoms. The summed E-state index contributed by atoms with van der Waals surface area (Å²) in [5, 5.41) is 4.27. The van der Waals surface area contributed by atoms with Crippen LogP contribution in [0.15, 0.2) is 12.3 Å². The molecule has 0 unspecified atom stereocenters. The number of hydrogen-bond donors (Lipinski definition) is 0. The van der Waals surface area contributed by atoms with Crippen LogP contribution in [0.1, 0.15) is 34.0 Å². The van der Waals surface area contributed by atoms with Crippen molar-refractivity contribution in [3.8, 4) is 0 Å². The van der Waals surface area contributed by atoms with Gasteiger partial charge in [0.15, 0.2) is 0 Å². The Labute approximate surface area is 159 Å². The van der Waals surface area contributed by atoms with E-state index in [9.17, 15) is 4.79 Å². The van der Waals surface area contributed by atoms with E-state index in [0.29, 0.717) is 31.5 Å². The molecular formula is C19H27N7O. The Bertz CT molecular complexity index is 860. The number of hydrogen-bond acceptors (Lipinski definition) is 6. The molecular weight excluding hydrogens is 342 g/mol. The SMILES string of the molecule is Cc1nc(C(=O)N2CCn3nccc3C2)nc(N2CC[C@@H](N(C)C)C2)c1C. The van der Waals surface area contributed by atoms with Crippen molar-refractivity contribution in [1.29, 1.82) is 0 Å². The summed E-state index contributed by atoms with van der Waals surface area (Å²) in [6, 6.07) is 2.47. The lowest BCUT2D eigenvalue weighted by Gasteiger charge is -2.28. The summed E-state index contributed by atoms with van der Waals surface area (Å²) in [5.74, 6) is 1.10. The van der Waals surface area contributed by atoms with Crippen LogP contribution in [0.5, 0.6) is 0 Å². The van der Waals surface area contributed by atoms with Crippen molar-refractivity contribution in [3.05, 3.63) is 35.0 Å². The van der Waals surface area contributed by atoms with Gasteiger partial charge in [-0.2, -0.15) is 5.10 Å². The second-order valence-corrected chi connectivity index (χ2v) is 7.71. The fraction of sp³-hybridized carbons (Fsp3) is 0.579. The highest BCUT2D eigenvalue weighted by molar-refractivity contribution is 5.91. The van der Waals surface area contributed by atoms with E-state index in [1.807, 2.05) is 29.5 Å². The normalized spacial score (nSPS) is 19.7. The van der Waals surface area contributed by atoms with Crippen molar-refractivity contribution < 1.29 is 4.79 Å². The van der Waals surface area contributed by atoms with E-state index in [2.05, 4.69) is 34.0 Å². The maximum Gasteiger partial charge on any atom is 0.292 e. The van der Waals surface area contributed by atoms with Gasteiger partial charge in [-0.1, -0.05) is 0 Å². The van der Waals surface area contributed by atoms with Gasteiger partial charge in [0.2, 0.25) is 5.82 Å². The van der Waals surface area contributed by atoms with Gasteiger partial charge in [-0.05, 0) is 40.4 Å². The number of carbonyl (C=O) groups is 1. The zero-order chi connectivity index (χ0) is 19.1. The van der Waals surface area contributed by atoms with Gasteiger partial charge in [0, 0.05) is 43.1 Å². The first-order valence-electron chi connectivity index (χ1n) is 9.50. The average Bonchev–Trinajstić information content (AvgIpc) is 3.31. The number of aryl methyl sites for hydroxylation is 1. The molecule has 2 aliphatic heterocycles. The molecule has 27 heavy (non-hydrogen) atoms. The molecule has 4 heterocycles. The summed E-state index contributed by atoms with van der Waals surface area (Å²) in [6.07, 6.45) is 2.89. The zero-order valence-corrected chi connectivity index (χ0v) is 16.5. The molecule has 0 saturated carbocycles. The Morgan fingerprint density at radius 2 is 2.00 bits per heavy atom. The highest BCUT2D eigenvalue weighted by Gasteiger charge is 2.29. The lowest BCUT2D eigenvalue weighted by Crippen LogP contribution is -2.39. The van der Waals surface area contributed by atoms with Crippen molar-refractivity contribution in [1.82, 2.24) is 29.5 Å². The monoisotopic (exact) mass is 369 g/mol. The van der Waals surface area contributed by atoms with Gasteiger partial charge in [0.1, 0.15) is 5.82 Å². The van der Waals surface area contributed by atoms with Crippen LogP contribution >= 0.6 is 0 Å². The fourth-order valence-corrected chi connectivity index (χ4v) is 3.87. The minimum atomic E-state index is -0.102. The number of carbonyl (C=O) groups excluding carboxylic acids is 1. The Kier molecular flexibility index (Phi) is 4.59. The molecule has 144 valence electrons. The number of rotatable bonds is 3. The molecule has 2 aromatic rings. The molecule has 2 aliphatic rings. The largest absolute Gasteiger partial charge is 0.355 e. The van der Waals surface area contributed by atoms with E-state index in [4.69, 9.17) is 4.98 Å². The van der Waals surface area contributed by atoms with Crippen molar-refractivity contribution in [2.45, 2.75) is 39.4 Å². The number of aromatic nitrogens is 4. The van der Waals surface area contributed by atoms with Crippen molar-refractivity contribution >= 4 is 11.7 Å². The number of anilines is 1. The van der Waals surface area contributed by atoms with E-state index in [1.54, 1.807) is 6.20 Å². The van der Waals surface area contributed by atoms with Crippen LogP contribution in [0.3, 0.4) is 0 Å². The van der Waals surface area contributed by atoms with E-state index in [0.717, 1.165) is 42.3 Å². The maximum absolute atomic E-state index is 13.1. The Morgan fingerprint density at radius 3 is 2.74 bits per heavy atom. The van der Waals surface area contributed by atoms with Crippen molar-refractivity contribution in [2.75, 3.05) is 38.6 Å². The predicted molar refractivity (Wildman–Crippen MR) is 103 cm³/mol. The smallest absolute Gasteiger partial charge is 0.292 e. The number of likely N-dealkylation sites (N-methyl/N-ethyl adjacent to an activating group) is 1. The fourth-order valence-electron chi connectivity index (χ4n) is 3.87. The van der Waals surface area contributed by atoms with Crippen LogP contribution in [-0.2, 0) is 13.1 Å². The van der Waals surface area contributed by atoms with Crippen LogP contribution in [0.2, 0.25) is 0 Å². The zero-order valence-electron chi connectivity index (χ0n) is 16.5. The lowest BCUT2D eigenvalue weighted by atomic mass is 10.2. The molecule has 1 fully saturated rings. The molecule has 2 aromatic heterocycles. The molecule has 1 saturated heterocycles. The Morgan fingerprint density at radius 1 is 1.19 bits per heavy atom. The number of amides is 1. The second kappa shape index (κ2) is 6.92. The summed E-state index contributed by atoms with van der Waals surface area (Å²) in [6.45, 7) is 7.78. The van der Waals surface area contributed by atoms with Crippen molar-refractivity contribution in [2.24, 2.45) is 0 Å². The van der Waals surface area contributed by atoms with Gasteiger partial charge in [-0.15, -0.1) is 0 Å². The van der Waals surface area contributed by atoms with E-state index >= 15 is 0 Å². The average molecular weight is 369 g/mol. The van der Waals surface area contributed by atoms with Crippen LogP contribution in [0, 0.1) is 13.8 Å². The first-order chi connectivity index (χ1) is 12.9. The third-order valence-electron chi connectivity index (χ3n) is 5.77. The molecule has 4 rings (SSSR count). The van der Waals surface area contributed by atoms with Gasteiger partial charge in [-0.25, -0.2) is 9.97 Å². The first-order valence-corrected chi connectivity index (χ1v) is 9.50. The standard InChI is InChI=1S/C19H27N7O/c1-13-14(2)21-17(22-18(13)24-8-6-15(11-24)23(3)4)19(27)25-9-10-26-16(12-25)5-7-20-26/h5,7,15H,6,8-12H2,1-4H3/t15-/m1/s1. The summed E-state index contributed by atoms with van der Waals surface area (Å²) >= 11 is 0. The van der Waals surface area contributed by atoms with E-state index in [-0.39, 0.29) is 5.91 Å². The van der Waals surface area contributed by atoms with Gasteiger partial charge < -0.3 is 14.7 Å². The molecule has 0 bridgehead atoms. The van der Waals surface area contributed by atoms with Crippen molar-refractivity contribution in [3.63, 3.8) is 0 Å². The predicted octanol–water partition coefficient (Wildman–Crippen LogP) is 1.09. The molecule has 0 N–H and O–H groups in total. The van der Waals surface area contributed by atoms with Crippen LogP contribution in [0.25, 0.3) is 0 Å². The number of fused-ring (bicyclic) bond motifs is 1. The highest BCUT2D eigenvalue weighted by atomic mass is 16.2. The van der Waals surface area contributed by atoms with Crippen LogP contribution in [-0.4, -0.2) is 75.2 Å². The molecule has 0 aliphatic carbocycles. The second-order valence-electron chi connectivity index (χ2n) is 7.71. The molecule has 0 aromatic carbocycles. The quantitative estimate of drug-likeness (QED) is 0.807. The van der Waals surface area contributed by atoms with Crippen LogP contribution in [0.4, 0.5) is 5.82 Å². The maximum atomic E-state index is 13.1. The molecule has 1 amide bonds. The lowest BCUT2D eigenvalue weighted by molar-refractivity contribution is 0.0693. The highest BCUT2D eigenvalue weighted by Crippen LogP contribution is 2.26. The van der Waals surface area contributed by atoms with Gasteiger partial charge in [-0.3, -0.25) is 9.48 Å². The van der Waals surface area contributed by atoms with Gasteiger partial charge in [0.25, 0.3) is 5.91 Å². The molecule has 0 radical (unpaired) electrons. The van der Waals surface area contributed by atoms with Gasteiger partial charge in [0.05, 0.1) is 18.8 Å². The summed E-state index contributed by atoms with van der Waals surface area (Å²) < 4.78 is 1.95. The summed E-state index contributed by atoms with van der Waals surface area (Å²) in [4.78, 5) is 28.7. The minimum Gasteiger partial charge on any atom is -0.355 e. The first kappa shape index (κ1) is 17.9.